The zero-order valence-corrected chi connectivity index (χ0v) is 16.7. The summed E-state index contributed by atoms with van der Waals surface area (Å²) in [6.07, 6.45) is 2.29. The highest BCUT2D eigenvalue weighted by Gasteiger charge is 2.40. The molecule has 0 bridgehead atoms. The van der Waals surface area contributed by atoms with E-state index in [9.17, 15) is 13.2 Å². The molecule has 2 aromatic heterocycles. The predicted octanol–water partition coefficient (Wildman–Crippen LogP) is 1.92. The summed E-state index contributed by atoms with van der Waals surface area (Å²) in [5.41, 5.74) is 0. The molecule has 1 amide bonds. The number of sulfonamides is 1. The monoisotopic (exact) mass is 446 g/mol. The van der Waals surface area contributed by atoms with Gasteiger partial charge < -0.3 is 13.9 Å². The Morgan fingerprint density at radius 1 is 1.32 bits per heavy atom. The summed E-state index contributed by atoms with van der Waals surface area (Å²) in [5, 5.41) is 10.0. The van der Waals surface area contributed by atoms with E-state index < -0.39 is 22.0 Å². The van der Waals surface area contributed by atoms with Gasteiger partial charge in [-0.3, -0.25) is 10.1 Å². The molecule has 2 aromatic rings. The van der Waals surface area contributed by atoms with Gasteiger partial charge in [0.2, 0.25) is 11.7 Å². The molecule has 1 unspecified atom stereocenters. The first kappa shape index (κ1) is 19.2. The smallest absolute Gasteiger partial charge is 0.322 e. The average molecular weight is 447 g/mol. The standard InChI is InChI=1S/C15H15ClN4O6S2/c16-11-3-4-12(27-11)28(22,23)20-5-1-2-9(20)13(21)17-15-19-18-14(26-15)10-8-24-6-7-25-10/h3-4,8-9H,1-2,5-7H2,(H,17,19,21). The Kier molecular flexibility index (Phi) is 5.27. The highest BCUT2D eigenvalue weighted by atomic mass is 35.5. The highest BCUT2D eigenvalue weighted by molar-refractivity contribution is 7.91. The largest absolute Gasteiger partial charge is 0.494 e. The van der Waals surface area contributed by atoms with Gasteiger partial charge in [0.15, 0.2) is 0 Å². The number of carbonyl (C=O) groups is 1. The molecule has 150 valence electrons. The van der Waals surface area contributed by atoms with E-state index in [1.54, 1.807) is 0 Å². The number of aromatic nitrogens is 2. The first-order valence-electron chi connectivity index (χ1n) is 8.31. The number of amides is 1. The third kappa shape index (κ3) is 3.72. The molecule has 28 heavy (non-hydrogen) atoms. The Hall–Kier alpha value is -2.15. The van der Waals surface area contributed by atoms with Crippen LogP contribution in [0.25, 0.3) is 5.76 Å². The number of nitrogens with zero attached hydrogens (tertiary/aromatic N) is 3. The third-order valence-electron chi connectivity index (χ3n) is 4.13. The molecule has 10 nitrogen and oxygen atoms in total. The summed E-state index contributed by atoms with van der Waals surface area (Å²) >= 11 is 6.80. The zero-order valence-electron chi connectivity index (χ0n) is 14.3. The van der Waals surface area contributed by atoms with Crippen LogP contribution in [0.2, 0.25) is 4.34 Å². The van der Waals surface area contributed by atoms with Gasteiger partial charge in [0.05, 0.1) is 4.34 Å². The van der Waals surface area contributed by atoms with Crippen LogP contribution in [0.15, 0.2) is 27.0 Å². The molecule has 0 aromatic carbocycles. The van der Waals surface area contributed by atoms with Gasteiger partial charge in [-0.05, 0) is 25.0 Å². The van der Waals surface area contributed by atoms with Gasteiger partial charge in [-0.25, -0.2) is 8.42 Å². The van der Waals surface area contributed by atoms with Gasteiger partial charge in [0.1, 0.15) is 29.7 Å². The zero-order chi connectivity index (χ0) is 19.7. The lowest BCUT2D eigenvalue weighted by Crippen LogP contribution is -2.42. The van der Waals surface area contributed by atoms with Crippen molar-refractivity contribution in [1.29, 1.82) is 0 Å². The number of anilines is 1. The van der Waals surface area contributed by atoms with Crippen molar-refractivity contribution in [2.75, 3.05) is 25.1 Å². The van der Waals surface area contributed by atoms with Gasteiger partial charge in [-0.2, -0.15) is 4.31 Å². The van der Waals surface area contributed by atoms with Crippen LogP contribution < -0.4 is 5.32 Å². The maximum atomic E-state index is 12.8. The fourth-order valence-corrected chi connectivity index (χ4v) is 6.15. The van der Waals surface area contributed by atoms with E-state index >= 15 is 0 Å². The molecular weight excluding hydrogens is 432 g/mol. The van der Waals surface area contributed by atoms with Crippen LogP contribution in [0.5, 0.6) is 0 Å². The van der Waals surface area contributed by atoms with Crippen molar-refractivity contribution in [2.45, 2.75) is 23.1 Å². The normalized spacial score (nSPS) is 20.3. The topological polar surface area (TPSA) is 124 Å². The summed E-state index contributed by atoms with van der Waals surface area (Å²) in [5.74, 6) is -0.230. The molecule has 2 aliphatic rings. The lowest BCUT2D eigenvalue weighted by molar-refractivity contribution is -0.119. The van der Waals surface area contributed by atoms with E-state index in [4.69, 9.17) is 25.5 Å². The van der Waals surface area contributed by atoms with E-state index in [0.29, 0.717) is 30.4 Å². The van der Waals surface area contributed by atoms with Crippen molar-refractivity contribution in [2.24, 2.45) is 0 Å². The van der Waals surface area contributed by atoms with E-state index in [1.807, 2.05) is 0 Å². The molecule has 13 heteroatoms. The second kappa shape index (κ2) is 7.70. The fraction of sp³-hybridized carbons (Fsp3) is 0.400. The number of hydrogen-bond acceptors (Lipinski definition) is 9. The highest BCUT2D eigenvalue weighted by Crippen LogP contribution is 2.32. The van der Waals surface area contributed by atoms with Crippen LogP contribution in [0.4, 0.5) is 6.01 Å². The molecular formula is C15H15ClN4O6S2. The molecule has 1 saturated heterocycles. The van der Waals surface area contributed by atoms with E-state index in [-0.39, 0.29) is 28.4 Å². The third-order valence-corrected chi connectivity index (χ3v) is 7.74. The Balaban J connectivity index is 1.48. The molecule has 1 fully saturated rings. The van der Waals surface area contributed by atoms with E-state index in [1.165, 1.54) is 22.7 Å². The second-order valence-electron chi connectivity index (χ2n) is 5.94. The number of halogens is 1. The SMILES string of the molecule is O=C(Nc1nnc(C2=COCCO2)o1)C1CCCN1S(=O)(=O)c1ccc(Cl)s1. The predicted molar refractivity (Wildman–Crippen MR) is 99.1 cm³/mol. The summed E-state index contributed by atoms with van der Waals surface area (Å²) in [4.78, 5) is 12.7. The molecule has 4 rings (SSSR count). The van der Waals surface area contributed by atoms with Gasteiger partial charge in [0.25, 0.3) is 15.9 Å². The van der Waals surface area contributed by atoms with Crippen molar-refractivity contribution in [3.05, 3.63) is 28.6 Å². The fourth-order valence-electron chi connectivity index (χ4n) is 2.88. The molecule has 4 heterocycles. The molecule has 0 aliphatic carbocycles. The van der Waals surface area contributed by atoms with Crippen LogP contribution in [0, 0.1) is 0 Å². The molecule has 2 aliphatic heterocycles. The Labute approximate surface area is 169 Å². The summed E-state index contributed by atoms with van der Waals surface area (Å²) in [6, 6.07) is 1.91. The van der Waals surface area contributed by atoms with Crippen molar-refractivity contribution >= 4 is 50.6 Å². The average Bonchev–Trinajstić information content (AvgIpc) is 3.43. The molecule has 0 radical (unpaired) electrons. The first-order chi connectivity index (χ1) is 13.4. The van der Waals surface area contributed by atoms with Crippen LogP contribution >= 0.6 is 22.9 Å². The second-order valence-corrected chi connectivity index (χ2v) is 9.77. The minimum absolute atomic E-state index is 0.0547. The number of thiophene rings is 1. The molecule has 1 atom stereocenters. The molecule has 1 N–H and O–H groups in total. The minimum atomic E-state index is -3.82. The Bertz CT molecular complexity index is 1020. The number of carbonyl (C=O) groups excluding carboxylic acids is 1. The van der Waals surface area contributed by atoms with Gasteiger partial charge in [-0.1, -0.05) is 16.7 Å². The summed E-state index contributed by atoms with van der Waals surface area (Å²) in [7, 11) is -3.82. The van der Waals surface area contributed by atoms with Gasteiger partial charge in [0, 0.05) is 6.54 Å². The Morgan fingerprint density at radius 2 is 2.18 bits per heavy atom. The van der Waals surface area contributed by atoms with Crippen LogP contribution in [-0.2, 0) is 24.3 Å². The number of rotatable bonds is 5. The molecule has 0 spiro atoms. The van der Waals surface area contributed by atoms with Crippen molar-refractivity contribution in [3.8, 4) is 0 Å². The van der Waals surface area contributed by atoms with Crippen molar-refractivity contribution in [1.82, 2.24) is 14.5 Å². The van der Waals surface area contributed by atoms with Crippen LogP contribution in [0.3, 0.4) is 0 Å². The summed E-state index contributed by atoms with van der Waals surface area (Å²) < 4.78 is 43.1. The lowest BCUT2D eigenvalue weighted by Gasteiger charge is -2.21. The number of ether oxygens (including phenoxy) is 2. The van der Waals surface area contributed by atoms with Gasteiger partial charge in [-0.15, -0.1) is 16.4 Å². The lowest BCUT2D eigenvalue weighted by atomic mass is 10.2. The Morgan fingerprint density at radius 3 is 2.89 bits per heavy atom. The van der Waals surface area contributed by atoms with Gasteiger partial charge >= 0.3 is 6.01 Å². The first-order valence-corrected chi connectivity index (χ1v) is 10.9. The maximum absolute atomic E-state index is 12.8. The molecule has 0 saturated carbocycles. The van der Waals surface area contributed by atoms with Crippen LogP contribution in [-0.4, -0.2) is 54.6 Å². The maximum Gasteiger partial charge on any atom is 0.322 e. The van der Waals surface area contributed by atoms with E-state index in [2.05, 4.69) is 15.5 Å². The quantitative estimate of drug-likeness (QED) is 0.738. The van der Waals surface area contributed by atoms with Crippen LogP contribution in [0.1, 0.15) is 18.7 Å². The summed E-state index contributed by atoms with van der Waals surface area (Å²) in [6.45, 7) is 1.00. The van der Waals surface area contributed by atoms with Crippen molar-refractivity contribution < 1.29 is 27.1 Å². The van der Waals surface area contributed by atoms with E-state index in [0.717, 1.165) is 11.3 Å². The van der Waals surface area contributed by atoms with Crippen molar-refractivity contribution in [3.63, 3.8) is 0 Å². The number of hydrogen-bond donors (Lipinski definition) is 1. The number of nitrogens with one attached hydrogen (secondary N) is 1. The minimum Gasteiger partial charge on any atom is -0.494 e.